The number of Topliss-reactive ketones (excluding diaryl/α,β-unsaturated/α-hetero) is 1. The first-order chi connectivity index (χ1) is 16.3. The van der Waals surface area contributed by atoms with Gasteiger partial charge < -0.3 is 19.7 Å². The SMILES string of the molecule is CCN(CC)CCNC(=O)CN1C(=O)COc2ccc(C(=O)COc3ccc(F)cc3Cl)cc21. The van der Waals surface area contributed by atoms with Gasteiger partial charge in [0.2, 0.25) is 5.91 Å². The largest absolute Gasteiger partial charge is 0.484 e. The van der Waals surface area contributed by atoms with E-state index in [4.69, 9.17) is 21.1 Å². The second-order valence-corrected chi connectivity index (χ2v) is 8.02. The van der Waals surface area contributed by atoms with Gasteiger partial charge in [0.1, 0.15) is 23.9 Å². The van der Waals surface area contributed by atoms with Crippen molar-refractivity contribution in [3.05, 3.63) is 52.8 Å². The lowest BCUT2D eigenvalue weighted by atomic mass is 10.1. The molecule has 0 atom stereocenters. The van der Waals surface area contributed by atoms with E-state index in [0.717, 1.165) is 19.2 Å². The summed E-state index contributed by atoms with van der Waals surface area (Å²) in [5.41, 5.74) is 0.600. The molecule has 34 heavy (non-hydrogen) atoms. The van der Waals surface area contributed by atoms with Gasteiger partial charge in [0, 0.05) is 18.7 Å². The van der Waals surface area contributed by atoms with Gasteiger partial charge in [-0.15, -0.1) is 0 Å². The Hall–Kier alpha value is -3.17. The molecule has 2 aromatic carbocycles. The first-order valence-corrected chi connectivity index (χ1v) is 11.4. The number of amides is 2. The van der Waals surface area contributed by atoms with Crippen LogP contribution in [0.5, 0.6) is 11.5 Å². The Morgan fingerprint density at radius 3 is 2.68 bits per heavy atom. The maximum absolute atomic E-state index is 13.2. The summed E-state index contributed by atoms with van der Waals surface area (Å²) >= 11 is 5.93. The molecule has 0 saturated carbocycles. The fourth-order valence-corrected chi connectivity index (χ4v) is 3.68. The Morgan fingerprint density at radius 1 is 1.21 bits per heavy atom. The van der Waals surface area contributed by atoms with Crippen LogP contribution in [0.4, 0.5) is 10.1 Å². The van der Waals surface area contributed by atoms with Crippen molar-refractivity contribution < 1.29 is 28.2 Å². The van der Waals surface area contributed by atoms with E-state index >= 15 is 0 Å². The molecule has 0 saturated heterocycles. The fourth-order valence-electron chi connectivity index (χ4n) is 3.46. The lowest BCUT2D eigenvalue weighted by Crippen LogP contribution is -2.46. The van der Waals surface area contributed by atoms with Crippen molar-refractivity contribution in [3.63, 3.8) is 0 Å². The van der Waals surface area contributed by atoms with Crippen LogP contribution < -0.4 is 19.7 Å². The zero-order valence-corrected chi connectivity index (χ0v) is 19.9. The summed E-state index contributed by atoms with van der Waals surface area (Å²) in [7, 11) is 0. The molecule has 8 nitrogen and oxygen atoms in total. The average molecular weight is 492 g/mol. The third kappa shape index (κ3) is 6.45. The number of nitrogens with one attached hydrogen (secondary N) is 1. The highest BCUT2D eigenvalue weighted by Gasteiger charge is 2.28. The minimum absolute atomic E-state index is 0.0513. The minimum Gasteiger partial charge on any atom is -0.484 e. The number of hydrogen-bond acceptors (Lipinski definition) is 6. The van der Waals surface area contributed by atoms with E-state index < -0.39 is 5.82 Å². The van der Waals surface area contributed by atoms with E-state index in [0.29, 0.717) is 24.5 Å². The molecular weight excluding hydrogens is 465 g/mol. The van der Waals surface area contributed by atoms with Crippen LogP contribution in [0.3, 0.4) is 0 Å². The van der Waals surface area contributed by atoms with Gasteiger partial charge in [0.05, 0.1) is 10.7 Å². The van der Waals surface area contributed by atoms with Crippen molar-refractivity contribution in [1.29, 1.82) is 0 Å². The third-order valence-corrected chi connectivity index (χ3v) is 5.72. The highest BCUT2D eigenvalue weighted by molar-refractivity contribution is 6.32. The van der Waals surface area contributed by atoms with E-state index in [-0.39, 0.29) is 53.7 Å². The molecule has 0 radical (unpaired) electrons. The molecule has 182 valence electrons. The molecule has 0 bridgehead atoms. The number of anilines is 1. The summed E-state index contributed by atoms with van der Waals surface area (Å²) in [4.78, 5) is 41.1. The molecule has 1 N–H and O–H groups in total. The van der Waals surface area contributed by atoms with Crippen LogP contribution >= 0.6 is 11.6 Å². The first-order valence-electron chi connectivity index (χ1n) is 11.0. The maximum Gasteiger partial charge on any atom is 0.265 e. The standard InChI is InChI=1S/C24H27ClFN3O5/c1-3-28(4-2)10-9-27-23(31)13-29-19-11-16(5-7-22(19)34-15-24(29)32)20(30)14-33-21-8-6-17(26)12-18(21)25/h5-8,11-12H,3-4,9-10,13-15H2,1-2H3,(H,27,31). The Balaban J connectivity index is 1.66. The molecule has 0 unspecified atom stereocenters. The van der Waals surface area contributed by atoms with Gasteiger partial charge in [0.15, 0.2) is 19.0 Å². The quantitative estimate of drug-likeness (QED) is 0.486. The number of hydrogen-bond donors (Lipinski definition) is 1. The van der Waals surface area contributed by atoms with E-state index in [1.54, 1.807) is 12.1 Å². The predicted molar refractivity (Wildman–Crippen MR) is 126 cm³/mol. The van der Waals surface area contributed by atoms with Crippen LogP contribution in [0.25, 0.3) is 0 Å². The highest BCUT2D eigenvalue weighted by atomic mass is 35.5. The van der Waals surface area contributed by atoms with Crippen LogP contribution in [0, 0.1) is 5.82 Å². The van der Waals surface area contributed by atoms with Crippen LogP contribution in [0.15, 0.2) is 36.4 Å². The Bertz CT molecular complexity index is 1060. The Labute approximate surface area is 202 Å². The molecule has 0 aromatic heterocycles. The zero-order valence-electron chi connectivity index (χ0n) is 19.1. The average Bonchev–Trinajstić information content (AvgIpc) is 2.82. The smallest absolute Gasteiger partial charge is 0.265 e. The van der Waals surface area contributed by atoms with Crippen molar-refractivity contribution >= 4 is 34.9 Å². The van der Waals surface area contributed by atoms with Crippen molar-refractivity contribution in [1.82, 2.24) is 10.2 Å². The molecular formula is C24H27ClFN3O5. The number of fused-ring (bicyclic) bond motifs is 1. The molecule has 2 amide bonds. The van der Waals surface area contributed by atoms with E-state index in [1.165, 1.54) is 23.1 Å². The second kappa shape index (κ2) is 11.8. The van der Waals surface area contributed by atoms with E-state index in [2.05, 4.69) is 10.2 Å². The van der Waals surface area contributed by atoms with Crippen molar-refractivity contribution in [2.45, 2.75) is 13.8 Å². The Morgan fingerprint density at radius 2 is 1.97 bits per heavy atom. The molecule has 1 aliphatic rings. The first kappa shape index (κ1) is 25.5. The number of carbonyl (C=O) groups excluding carboxylic acids is 3. The third-order valence-electron chi connectivity index (χ3n) is 5.42. The maximum atomic E-state index is 13.2. The lowest BCUT2D eigenvalue weighted by Gasteiger charge is -2.29. The fraction of sp³-hybridized carbons (Fsp3) is 0.375. The highest BCUT2D eigenvalue weighted by Crippen LogP contribution is 2.33. The normalized spacial score (nSPS) is 12.9. The molecule has 10 heteroatoms. The minimum atomic E-state index is -0.514. The number of ketones is 1. The number of benzene rings is 2. The molecule has 3 rings (SSSR count). The van der Waals surface area contributed by atoms with Crippen LogP contribution in [0.1, 0.15) is 24.2 Å². The number of nitrogens with zero attached hydrogens (tertiary/aromatic N) is 2. The number of rotatable bonds is 11. The van der Waals surface area contributed by atoms with Gasteiger partial charge in [0.25, 0.3) is 5.91 Å². The van der Waals surface area contributed by atoms with Crippen LogP contribution in [-0.4, -0.2) is 68.4 Å². The number of carbonyl (C=O) groups is 3. The number of ether oxygens (including phenoxy) is 2. The summed E-state index contributed by atoms with van der Waals surface area (Å²) < 4.78 is 24.1. The summed E-state index contributed by atoms with van der Waals surface area (Å²) in [6.07, 6.45) is 0. The van der Waals surface area contributed by atoms with Crippen LogP contribution in [-0.2, 0) is 9.59 Å². The predicted octanol–water partition coefficient (Wildman–Crippen LogP) is 2.92. The summed E-state index contributed by atoms with van der Waals surface area (Å²) in [5.74, 6) is -1.01. The monoisotopic (exact) mass is 491 g/mol. The van der Waals surface area contributed by atoms with E-state index in [1.807, 2.05) is 13.8 Å². The van der Waals surface area contributed by atoms with Gasteiger partial charge in [-0.05, 0) is 49.5 Å². The number of likely N-dealkylation sites (N-methyl/N-ethyl adjacent to an activating group) is 1. The summed E-state index contributed by atoms with van der Waals surface area (Å²) in [6, 6.07) is 8.23. The molecule has 0 spiro atoms. The van der Waals surface area contributed by atoms with Crippen molar-refractivity contribution in [2.75, 3.05) is 50.8 Å². The number of halogens is 2. The summed E-state index contributed by atoms with van der Waals surface area (Å²) in [5, 5.41) is 2.88. The molecule has 1 aliphatic heterocycles. The van der Waals surface area contributed by atoms with Gasteiger partial charge in [-0.25, -0.2) is 4.39 Å². The molecule has 1 heterocycles. The second-order valence-electron chi connectivity index (χ2n) is 7.61. The molecule has 2 aromatic rings. The lowest BCUT2D eigenvalue weighted by molar-refractivity contribution is -0.125. The Kier molecular flexibility index (Phi) is 8.84. The summed E-state index contributed by atoms with van der Waals surface area (Å²) in [6.45, 7) is 6.32. The molecule has 0 fully saturated rings. The van der Waals surface area contributed by atoms with E-state index in [9.17, 15) is 18.8 Å². The van der Waals surface area contributed by atoms with Crippen molar-refractivity contribution in [3.8, 4) is 11.5 Å². The van der Waals surface area contributed by atoms with Gasteiger partial charge >= 0.3 is 0 Å². The molecule has 0 aliphatic carbocycles. The van der Waals surface area contributed by atoms with Crippen molar-refractivity contribution in [2.24, 2.45) is 0 Å². The van der Waals surface area contributed by atoms with Gasteiger partial charge in [-0.2, -0.15) is 0 Å². The van der Waals surface area contributed by atoms with Crippen LogP contribution in [0.2, 0.25) is 5.02 Å². The zero-order chi connectivity index (χ0) is 24.7. The van der Waals surface area contributed by atoms with Gasteiger partial charge in [-0.1, -0.05) is 25.4 Å². The topological polar surface area (TPSA) is 88.2 Å². The van der Waals surface area contributed by atoms with Gasteiger partial charge in [-0.3, -0.25) is 19.3 Å².